The largest absolute Gasteiger partial charge is 0.324 e. The smallest absolute Gasteiger partial charge is 0.0406 e. The Morgan fingerprint density at radius 2 is 1.75 bits per heavy atom. The predicted molar refractivity (Wildman–Crippen MR) is 83.6 cm³/mol. The average molecular weight is 287 g/mol. The van der Waals surface area contributed by atoms with Crippen LogP contribution in [0.4, 0.5) is 0 Å². The summed E-state index contributed by atoms with van der Waals surface area (Å²) in [5.74, 6) is 0. The van der Waals surface area contributed by atoms with Crippen molar-refractivity contribution < 1.29 is 0 Å². The Morgan fingerprint density at radius 3 is 2.45 bits per heavy atom. The van der Waals surface area contributed by atoms with Gasteiger partial charge in [-0.1, -0.05) is 48.0 Å². The lowest BCUT2D eigenvalue weighted by Gasteiger charge is -2.25. The van der Waals surface area contributed by atoms with Gasteiger partial charge in [0.25, 0.3) is 0 Å². The summed E-state index contributed by atoms with van der Waals surface area (Å²) >= 11 is 5.93. The zero-order chi connectivity index (χ0) is 14.1. The fourth-order valence-electron chi connectivity index (χ4n) is 3.05. The van der Waals surface area contributed by atoms with E-state index in [1.807, 2.05) is 12.1 Å². The first kappa shape index (κ1) is 13.6. The number of fused-ring (bicyclic) bond motifs is 1. The van der Waals surface area contributed by atoms with Crippen LogP contribution in [0, 0.1) is 0 Å². The van der Waals surface area contributed by atoms with Crippen LogP contribution < -0.4 is 5.73 Å². The van der Waals surface area contributed by atoms with Crippen molar-refractivity contribution in [1.82, 2.24) is 4.90 Å². The number of nitrogens with two attached hydrogens (primary N) is 1. The molecule has 2 aromatic rings. The second-order valence-corrected chi connectivity index (χ2v) is 5.96. The Kier molecular flexibility index (Phi) is 3.79. The van der Waals surface area contributed by atoms with Gasteiger partial charge in [-0.05, 0) is 42.3 Å². The molecule has 0 fully saturated rings. The van der Waals surface area contributed by atoms with Crippen molar-refractivity contribution in [2.45, 2.75) is 25.0 Å². The van der Waals surface area contributed by atoms with Crippen molar-refractivity contribution in [3.8, 4) is 0 Å². The molecule has 104 valence electrons. The van der Waals surface area contributed by atoms with Gasteiger partial charge in [0.1, 0.15) is 0 Å². The summed E-state index contributed by atoms with van der Waals surface area (Å²) < 4.78 is 0. The second-order valence-electron chi connectivity index (χ2n) is 5.53. The van der Waals surface area contributed by atoms with Crippen LogP contribution >= 0.6 is 11.6 Å². The van der Waals surface area contributed by atoms with Crippen molar-refractivity contribution >= 4 is 11.6 Å². The molecule has 0 spiro atoms. The summed E-state index contributed by atoms with van der Waals surface area (Å²) in [6.45, 7) is 0.906. The van der Waals surface area contributed by atoms with Crippen LogP contribution in [-0.2, 0) is 6.54 Å². The summed E-state index contributed by atoms with van der Waals surface area (Å²) in [7, 11) is 2.16. The molecule has 0 bridgehead atoms. The highest BCUT2D eigenvalue weighted by Gasteiger charge is 2.30. The Bertz CT molecular complexity index is 594. The fraction of sp³-hybridized carbons (Fsp3) is 0.294. The molecule has 0 saturated carbocycles. The quantitative estimate of drug-likeness (QED) is 0.927. The first-order chi connectivity index (χ1) is 9.65. The highest BCUT2D eigenvalue weighted by atomic mass is 35.5. The number of nitrogens with zero attached hydrogens (tertiary/aromatic N) is 1. The van der Waals surface area contributed by atoms with Crippen molar-refractivity contribution in [1.29, 1.82) is 0 Å². The molecule has 2 atom stereocenters. The monoisotopic (exact) mass is 286 g/mol. The molecule has 3 heteroatoms. The molecule has 1 aliphatic rings. The molecule has 20 heavy (non-hydrogen) atoms. The molecule has 1 aliphatic carbocycles. The van der Waals surface area contributed by atoms with Crippen molar-refractivity contribution in [3.63, 3.8) is 0 Å². The van der Waals surface area contributed by atoms with Gasteiger partial charge in [-0.2, -0.15) is 0 Å². The summed E-state index contributed by atoms with van der Waals surface area (Å²) in [5, 5.41) is 0.782. The van der Waals surface area contributed by atoms with Crippen LogP contribution in [0.2, 0.25) is 5.02 Å². The lowest BCUT2D eigenvalue weighted by Crippen LogP contribution is -2.23. The van der Waals surface area contributed by atoms with Crippen molar-refractivity contribution in [2.75, 3.05) is 7.05 Å². The maximum absolute atomic E-state index is 6.24. The molecule has 3 rings (SSSR count). The van der Waals surface area contributed by atoms with E-state index in [1.165, 1.54) is 16.7 Å². The van der Waals surface area contributed by atoms with Gasteiger partial charge in [0.15, 0.2) is 0 Å². The average Bonchev–Trinajstić information content (AvgIpc) is 2.79. The van der Waals surface area contributed by atoms with Crippen LogP contribution in [0.15, 0.2) is 48.5 Å². The van der Waals surface area contributed by atoms with Gasteiger partial charge < -0.3 is 5.73 Å². The first-order valence-electron chi connectivity index (χ1n) is 6.94. The maximum atomic E-state index is 6.24. The van der Waals surface area contributed by atoms with E-state index in [4.69, 9.17) is 17.3 Å². The van der Waals surface area contributed by atoms with Crippen molar-refractivity contribution in [2.24, 2.45) is 5.73 Å². The van der Waals surface area contributed by atoms with E-state index >= 15 is 0 Å². The van der Waals surface area contributed by atoms with E-state index in [1.54, 1.807) is 0 Å². The fourth-order valence-corrected chi connectivity index (χ4v) is 3.18. The molecular formula is C17H19ClN2. The molecule has 2 aromatic carbocycles. The number of benzene rings is 2. The maximum Gasteiger partial charge on any atom is 0.0406 e. The van der Waals surface area contributed by atoms with Gasteiger partial charge >= 0.3 is 0 Å². The molecule has 0 amide bonds. The van der Waals surface area contributed by atoms with Crippen LogP contribution in [-0.4, -0.2) is 11.9 Å². The Balaban J connectivity index is 1.78. The predicted octanol–water partition coefficient (Wildman–Crippen LogP) is 3.92. The van der Waals surface area contributed by atoms with E-state index in [2.05, 4.69) is 48.3 Å². The van der Waals surface area contributed by atoms with Crippen molar-refractivity contribution in [3.05, 3.63) is 70.2 Å². The second kappa shape index (κ2) is 5.57. The zero-order valence-corrected chi connectivity index (χ0v) is 12.3. The molecule has 0 radical (unpaired) electrons. The summed E-state index contributed by atoms with van der Waals surface area (Å²) in [4.78, 5) is 2.37. The Morgan fingerprint density at radius 1 is 1.10 bits per heavy atom. The third-order valence-electron chi connectivity index (χ3n) is 4.11. The standard InChI is InChI=1S/C17H19ClN2/c1-20(11-12-6-8-13(18)9-7-12)17-10-16(19)14-4-2-3-5-15(14)17/h2-9,16-17H,10-11,19H2,1H3. The van der Waals surface area contributed by atoms with Gasteiger partial charge in [0, 0.05) is 23.7 Å². The molecule has 0 aromatic heterocycles. The van der Waals surface area contributed by atoms with E-state index < -0.39 is 0 Å². The summed E-state index contributed by atoms with van der Waals surface area (Å²) in [6, 6.07) is 17.1. The van der Waals surface area contributed by atoms with Gasteiger partial charge in [-0.15, -0.1) is 0 Å². The van der Waals surface area contributed by atoms with Gasteiger partial charge in [0.2, 0.25) is 0 Å². The summed E-state index contributed by atoms with van der Waals surface area (Å²) in [6.07, 6.45) is 0.990. The van der Waals surface area contributed by atoms with Crippen LogP contribution in [0.1, 0.15) is 35.2 Å². The molecule has 0 saturated heterocycles. The third-order valence-corrected chi connectivity index (χ3v) is 4.36. The number of hydrogen-bond donors (Lipinski definition) is 1. The van der Waals surface area contributed by atoms with Crippen LogP contribution in [0.3, 0.4) is 0 Å². The van der Waals surface area contributed by atoms with Gasteiger partial charge in [-0.3, -0.25) is 4.90 Å². The van der Waals surface area contributed by atoms with E-state index in [9.17, 15) is 0 Å². The van der Waals surface area contributed by atoms with Gasteiger partial charge in [0.05, 0.1) is 0 Å². The van der Waals surface area contributed by atoms with E-state index in [0.29, 0.717) is 6.04 Å². The van der Waals surface area contributed by atoms with Gasteiger partial charge in [-0.25, -0.2) is 0 Å². The molecular weight excluding hydrogens is 268 g/mol. The molecule has 2 unspecified atom stereocenters. The SMILES string of the molecule is CN(Cc1ccc(Cl)cc1)C1CC(N)c2ccccc21. The molecule has 2 nitrogen and oxygen atoms in total. The van der Waals surface area contributed by atoms with E-state index in [-0.39, 0.29) is 6.04 Å². The third kappa shape index (κ3) is 2.59. The Hall–Kier alpha value is -1.35. The van der Waals surface area contributed by atoms with E-state index in [0.717, 1.165) is 18.0 Å². The van der Waals surface area contributed by atoms with Crippen LogP contribution in [0.25, 0.3) is 0 Å². The number of halogens is 1. The summed E-state index contributed by atoms with van der Waals surface area (Å²) in [5.41, 5.74) is 10.2. The van der Waals surface area contributed by atoms with Crippen LogP contribution in [0.5, 0.6) is 0 Å². The minimum atomic E-state index is 0.156. The topological polar surface area (TPSA) is 29.3 Å². The normalized spacial score (nSPS) is 21.2. The molecule has 0 aliphatic heterocycles. The first-order valence-corrected chi connectivity index (χ1v) is 7.32. The lowest BCUT2D eigenvalue weighted by molar-refractivity contribution is 0.229. The minimum Gasteiger partial charge on any atom is -0.324 e. The zero-order valence-electron chi connectivity index (χ0n) is 11.6. The minimum absolute atomic E-state index is 0.156. The molecule has 2 N–H and O–H groups in total. The number of rotatable bonds is 3. The lowest BCUT2D eigenvalue weighted by atomic mass is 10.1. The molecule has 0 heterocycles. The number of hydrogen-bond acceptors (Lipinski definition) is 2. The Labute approximate surface area is 125 Å². The highest BCUT2D eigenvalue weighted by molar-refractivity contribution is 6.30. The highest BCUT2D eigenvalue weighted by Crippen LogP contribution is 2.40.